The van der Waals surface area contributed by atoms with Gasteiger partial charge in [0.25, 0.3) is 0 Å². The summed E-state index contributed by atoms with van der Waals surface area (Å²) >= 11 is 0. The molecule has 0 atom stereocenters. The number of fused-ring (bicyclic) bond motifs is 2. The first-order valence-electron chi connectivity index (χ1n) is 8.20. The minimum atomic E-state index is -0.222. The van der Waals surface area contributed by atoms with E-state index in [-0.39, 0.29) is 11.5 Å². The van der Waals surface area contributed by atoms with Gasteiger partial charge in [-0.15, -0.1) is 0 Å². The maximum Gasteiger partial charge on any atom is 0.230 e. The van der Waals surface area contributed by atoms with Gasteiger partial charge < -0.3 is 14.9 Å². The summed E-state index contributed by atoms with van der Waals surface area (Å²) in [6, 6.07) is 11.1. The number of aryl methyl sites for hydroxylation is 2. The molecule has 1 heterocycles. The van der Waals surface area contributed by atoms with Crippen LogP contribution in [0.25, 0.3) is 11.0 Å². The Hall–Kier alpha value is -2.75. The van der Waals surface area contributed by atoms with Gasteiger partial charge in [-0.1, -0.05) is 12.1 Å². The van der Waals surface area contributed by atoms with Crippen LogP contribution in [0.2, 0.25) is 0 Å². The fourth-order valence-electron chi connectivity index (χ4n) is 3.41. The molecule has 24 heavy (non-hydrogen) atoms. The third kappa shape index (κ3) is 2.35. The molecule has 1 aliphatic carbocycles. The number of nitrogens with two attached hydrogens (primary N) is 1. The number of methoxy groups -OCH3 is 1. The Morgan fingerprint density at radius 3 is 2.62 bits per heavy atom. The number of ether oxygens (including phenoxy) is 1. The van der Waals surface area contributed by atoms with Crippen molar-refractivity contribution in [3.05, 3.63) is 58.8 Å². The molecule has 0 spiro atoms. The van der Waals surface area contributed by atoms with Crippen molar-refractivity contribution >= 4 is 22.4 Å². The van der Waals surface area contributed by atoms with Crippen LogP contribution in [-0.4, -0.2) is 12.9 Å². The molecule has 0 radical (unpaired) electrons. The Kier molecular flexibility index (Phi) is 3.53. The highest BCUT2D eigenvalue weighted by molar-refractivity contribution is 6.14. The fraction of sp³-hybridized carbons (Fsp3) is 0.250. The first kappa shape index (κ1) is 14.8. The minimum Gasteiger partial charge on any atom is -0.497 e. The van der Waals surface area contributed by atoms with E-state index >= 15 is 0 Å². The van der Waals surface area contributed by atoms with Crippen LogP contribution >= 0.6 is 0 Å². The lowest BCUT2D eigenvalue weighted by molar-refractivity contribution is 0.101. The first-order chi connectivity index (χ1) is 11.7. The molecule has 4 heteroatoms. The van der Waals surface area contributed by atoms with Gasteiger partial charge in [0.05, 0.1) is 12.8 Å². The lowest BCUT2D eigenvalue weighted by atomic mass is 9.90. The molecule has 2 aromatic carbocycles. The van der Waals surface area contributed by atoms with Crippen LogP contribution < -0.4 is 10.5 Å². The number of hydrogen-bond donors (Lipinski definition) is 1. The van der Waals surface area contributed by atoms with Crippen molar-refractivity contribution < 1.29 is 13.9 Å². The van der Waals surface area contributed by atoms with Crippen molar-refractivity contribution in [2.24, 2.45) is 0 Å². The van der Waals surface area contributed by atoms with Crippen molar-refractivity contribution in [3.8, 4) is 5.75 Å². The summed E-state index contributed by atoms with van der Waals surface area (Å²) in [7, 11) is 1.57. The number of ketones is 1. The van der Waals surface area contributed by atoms with Crippen LogP contribution in [0.15, 0.2) is 40.8 Å². The Bertz CT molecular complexity index is 939. The van der Waals surface area contributed by atoms with E-state index in [0.717, 1.165) is 18.2 Å². The zero-order valence-corrected chi connectivity index (χ0v) is 13.6. The number of carbonyl (C=O) groups is 1. The molecule has 4 nitrogen and oxygen atoms in total. The molecule has 0 bridgehead atoms. The molecule has 0 unspecified atom stereocenters. The lowest BCUT2D eigenvalue weighted by Gasteiger charge is -2.14. The van der Waals surface area contributed by atoms with E-state index in [0.29, 0.717) is 22.6 Å². The molecular weight excluding hydrogens is 302 g/mol. The average Bonchev–Trinajstić information content (AvgIpc) is 2.95. The van der Waals surface area contributed by atoms with Crippen LogP contribution in [0.5, 0.6) is 5.75 Å². The second-order valence-electron chi connectivity index (χ2n) is 6.23. The van der Waals surface area contributed by atoms with Crippen LogP contribution in [-0.2, 0) is 12.8 Å². The molecule has 0 aliphatic heterocycles. The Morgan fingerprint density at radius 2 is 1.88 bits per heavy atom. The number of carbonyl (C=O) groups excluding carboxylic acids is 1. The zero-order valence-electron chi connectivity index (χ0n) is 13.6. The highest BCUT2D eigenvalue weighted by Crippen LogP contribution is 2.34. The number of rotatable bonds is 3. The molecule has 2 N–H and O–H groups in total. The SMILES string of the molecule is COc1cccc(C(=O)c2oc3cc4c(cc3c2N)CCCC4)c1. The largest absolute Gasteiger partial charge is 0.497 e. The smallest absolute Gasteiger partial charge is 0.230 e. The van der Waals surface area contributed by atoms with E-state index in [9.17, 15) is 4.79 Å². The predicted molar refractivity (Wildman–Crippen MR) is 93.7 cm³/mol. The van der Waals surface area contributed by atoms with E-state index < -0.39 is 0 Å². The summed E-state index contributed by atoms with van der Waals surface area (Å²) in [5.41, 5.74) is 10.5. The highest BCUT2D eigenvalue weighted by Gasteiger charge is 2.22. The van der Waals surface area contributed by atoms with E-state index in [2.05, 4.69) is 6.07 Å². The maximum atomic E-state index is 12.8. The highest BCUT2D eigenvalue weighted by atomic mass is 16.5. The molecule has 1 aliphatic rings. The van der Waals surface area contributed by atoms with Gasteiger partial charge >= 0.3 is 0 Å². The second kappa shape index (κ2) is 5.71. The molecule has 1 aromatic heterocycles. The maximum absolute atomic E-state index is 12.8. The van der Waals surface area contributed by atoms with Crippen molar-refractivity contribution in [1.29, 1.82) is 0 Å². The molecular formula is C20H19NO3. The van der Waals surface area contributed by atoms with Gasteiger partial charge in [-0.3, -0.25) is 4.79 Å². The minimum absolute atomic E-state index is 0.209. The van der Waals surface area contributed by atoms with Crippen molar-refractivity contribution in [1.82, 2.24) is 0 Å². The molecule has 0 fully saturated rings. The van der Waals surface area contributed by atoms with Crippen LogP contribution in [0.1, 0.15) is 40.1 Å². The second-order valence-corrected chi connectivity index (χ2v) is 6.23. The summed E-state index contributed by atoms with van der Waals surface area (Å²) < 4.78 is 11.0. The summed E-state index contributed by atoms with van der Waals surface area (Å²) in [6.07, 6.45) is 4.52. The summed E-state index contributed by atoms with van der Waals surface area (Å²) in [6.45, 7) is 0. The normalized spacial score (nSPS) is 13.7. The fourth-order valence-corrected chi connectivity index (χ4v) is 3.41. The van der Waals surface area contributed by atoms with E-state index in [4.69, 9.17) is 14.9 Å². The van der Waals surface area contributed by atoms with E-state index in [1.165, 1.54) is 24.0 Å². The monoisotopic (exact) mass is 321 g/mol. The molecule has 0 saturated carbocycles. The molecule has 3 aromatic rings. The van der Waals surface area contributed by atoms with Gasteiger partial charge in [0, 0.05) is 10.9 Å². The predicted octanol–water partition coefficient (Wildman–Crippen LogP) is 4.13. The summed E-state index contributed by atoms with van der Waals surface area (Å²) in [5, 5.41) is 0.835. The lowest BCUT2D eigenvalue weighted by Crippen LogP contribution is -2.03. The molecule has 0 amide bonds. The first-order valence-corrected chi connectivity index (χ1v) is 8.20. The zero-order chi connectivity index (χ0) is 16.7. The van der Waals surface area contributed by atoms with Crippen molar-refractivity contribution in [2.45, 2.75) is 25.7 Å². The van der Waals surface area contributed by atoms with Gasteiger partial charge in [-0.25, -0.2) is 0 Å². The Labute approximate surface area is 140 Å². The van der Waals surface area contributed by atoms with E-state index in [1.54, 1.807) is 31.4 Å². The summed E-state index contributed by atoms with van der Waals surface area (Å²) in [4.78, 5) is 12.8. The number of nitrogen functional groups attached to an aromatic ring is 1. The van der Waals surface area contributed by atoms with Gasteiger partial charge in [-0.2, -0.15) is 0 Å². The quantitative estimate of drug-likeness (QED) is 0.737. The van der Waals surface area contributed by atoms with Crippen molar-refractivity contribution in [2.75, 3.05) is 12.8 Å². The van der Waals surface area contributed by atoms with Crippen LogP contribution in [0.3, 0.4) is 0 Å². The number of benzene rings is 2. The van der Waals surface area contributed by atoms with Gasteiger partial charge in [0.15, 0.2) is 5.76 Å². The standard InChI is InChI=1S/C20H19NO3/c1-23-15-8-4-7-14(9-15)19(22)20-18(21)16-10-12-5-2-3-6-13(12)11-17(16)24-20/h4,7-11H,2-3,5-6,21H2,1H3. The Morgan fingerprint density at radius 1 is 1.12 bits per heavy atom. The van der Waals surface area contributed by atoms with Gasteiger partial charge in [0.2, 0.25) is 5.78 Å². The summed E-state index contributed by atoms with van der Waals surface area (Å²) in [5.74, 6) is 0.618. The third-order valence-electron chi connectivity index (χ3n) is 4.73. The van der Waals surface area contributed by atoms with Crippen LogP contribution in [0.4, 0.5) is 5.69 Å². The van der Waals surface area contributed by atoms with Gasteiger partial charge in [-0.05, 0) is 61.1 Å². The molecule has 122 valence electrons. The molecule has 0 saturated heterocycles. The van der Waals surface area contributed by atoms with Crippen molar-refractivity contribution in [3.63, 3.8) is 0 Å². The Balaban J connectivity index is 1.81. The van der Waals surface area contributed by atoms with E-state index in [1.807, 2.05) is 6.07 Å². The number of hydrogen-bond acceptors (Lipinski definition) is 4. The molecule has 4 rings (SSSR count). The topological polar surface area (TPSA) is 65.5 Å². The van der Waals surface area contributed by atoms with Crippen LogP contribution in [0, 0.1) is 0 Å². The average molecular weight is 321 g/mol. The van der Waals surface area contributed by atoms with Gasteiger partial charge in [0.1, 0.15) is 11.3 Å². The number of anilines is 1. The third-order valence-corrected chi connectivity index (χ3v) is 4.73. The number of furan rings is 1.